The van der Waals surface area contributed by atoms with Gasteiger partial charge < -0.3 is 25.7 Å². The van der Waals surface area contributed by atoms with Crippen molar-refractivity contribution in [1.29, 1.82) is 0 Å². The fourth-order valence-corrected chi connectivity index (χ4v) is 20.2. The molecule has 0 fully saturated rings. The molecule has 0 aliphatic heterocycles. The summed E-state index contributed by atoms with van der Waals surface area (Å²) in [4.78, 5) is 56.4. The summed E-state index contributed by atoms with van der Waals surface area (Å²) in [5.74, 6) is -0.183. The molecule has 5 N–H and O–H groups in total. The van der Waals surface area contributed by atoms with Gasteiger partial charge in [0.15, 0.2) is 7.14 Å². The van der Waals surface area contributed by atoms with E-state index in [1.54, 1.807) is 30.5 Å². The van der Waals surface area contributed by atoms with E-state index in [9.17, 15) is 29.6 Å². The molecule has 1 amide bonds. The molecule has 0 unspecified atom stereocenters. The number of carbonyl (C=O) groups excluding carboxylic acids is 1. The van der Waals surface area contributed by atoms with Crippen LogP contribution in [0.15, 0.2) is 471 Å². The van der Waals surface area contributed by atoms with Gasteiger partial charge in [-0.15, -0.1) is 0 Å². The fraction of sp³-hybridized carbons (Fsp3) is 0. The molecule has 0 bridgehead atoms. The van der Waals surface area contributed by atoms with Crippen LogP contribution in [0.25, 0.3) is 153 Å². The predicted molar refractivity (Wildman–Crippen MR) is 569 cm³/mol. The summed E-state index contributed by atoms with van der Waals surface area (Å²) in [5.41, 5.74) is 20.1. The van der Waals surface area contributed by atoms with E-state index in [0.717, 1.165) is 115 Å². The van der Waals surface area contributed by atoms with E-state index in [1.807, 2.05) is 213 Å². The Bertz CT molecular complexity index is 8400. The average molecular weight is 1930 g/mol. The van der Waals surface area contributed by atoms with Crippen molar-refractivity contribution in [1.82, 2.24) is 24.9 Å². The number of para-hydroxylation sites is 6. The number of nitro benzene ring substituents is 2. The third kappa shape index (κ3) is 19.7. The third-order valence-corrected chi connectivity index (χ3v) is 27.5. The van der Waals surface area contributed by atoms with E-state index in [0.29, 0.717) is 21.2 Å². The summed E-state index contributed by atoms with van der Waals surface area (Å²) in [6.45, 7) is 0. The number of hydrogen-bond acceptors (Lipinski definition) is 14. The van der Waals surface area contributed by atoms with Crippen molar-refractivity contribution < 1.29 is 29.3 Å². The highest BCUT2D eigenvalue weighted by Crippen LogP contribution is 2.45. The topological polar surface area (TPSA) is 263 Å². The molecule has 0 saturated carbocycles. The van der Waals surface area contributed by atoms with Crippen molar-refractivity contribution >= 4 is 193 Å². The SMILES string of the molecule is Brc1ccc(-c2nc3ccccc3c3c2ccc2ccccc23)cn1.Nc1ccccc1-c1cccc2ccccc12.O=C(Nc1ccccc1-c1cccc2ccccc12)c1ccc(Br)nc1.O=P(c1ccccc1)(c1ccccc1)c1ccc(-c2nc3ccccc3c3c2ccc2ccccc23)cn1.O=[N+]([O-])c1ccccc1-c1cccc2ccccc12.O=[N+]([O-])c1ccccc1B(O)O. The molecule has 0 spiro atoms. The van der Waals surface area contributed by atoms with Gasteiger partial charge in [-0.05, 0) is 169 Å². The van der Waals surface area contributed by atoms with E-state index >= 15 is 0 Å². The number of benzene rings is 18. The largest absolute Gasteiger partial charge is 0.495 e. The van der Waals surface area contributed by atoms with Gasteiger partial charge in [-0.2, -0.15) is 0 Å². The second-order valence-electron chi connectivity index (χ2n) is 31.9. The number of anilines is 2. The molecule has 0 radical (unpaired) electrons. The second-order valence-corrected chi connectivity index (χ2v) is 36.3. The minimum Gasteiger partial charge on any atom is -0.423 e. The second kappa shape index (κ2) is 41.6. The summed E-state index contributed by atoms with van der Waals surface area (Å²) in [7, 11) is -4.94. The number of amides is 1. The van der Waals surface area contributed by atoms with Crippen molar-refractivity contribution in [3.63, 3.8) is 0 Å². The normalized spacial score (nSPS) is 11.0. The van der Waals surface area contributed by atoms with Gasteiger partial charge in [-0.1, -0.05) is 364 Å². The first-order valence-electron chi connectivity index (χ1n) is 43.9. The van der Waals surface area contributed by atoms with Crippen LogP contribution in [0.5, 0.6) is 0 Å². The molecular formula is C116H81BBr2N9O8P. The number of fused-ring (bicyclic) bond motifs is 13. The number of nitrogens with two attached hydrogens (primary N) is 1. The molecule has 0 atom stereocenters. The van der Waals surface area contributed by atoms with Gasteiger partial charge in [-0.25, -0.2) is 19.9 Å². The van der Waals surface area contributed by atoms with Crippen LogP contribution in [0.2, 0.25) is 0 Å². The molecule has 18 aromatic carbocycles. The minimum atomic E-state index is -3.14. The fourth-order valence-electron chi connectivity index (χ4n) is 17.2. The van der Waals surface area contributed by atoms with Crippen LogP contribution in [0.4, 0.5) is 22.7 Å². The summed E-state index contributed by atoms with van der Waals surface area (Å²) in [5, 5.41) is 62.2. The smallest absolute Gasteiger partial charge is 0.423 e. The molecular weight excluding hydrogens is 1850 g/mol. The number of carbonyl (C=O) groups is 1. The highest BCUT2D eigenvalue weighted by Gasteiger charge is 2.32. The average Bonchev–Trinajstić information content (AvgIpc) is 0.742. The molecule has 0 aliphatic rings. The molecule has 0 aliphatic carbocycles. The van der Waals surface area contributed by atoms with E-state index in [1.165, 1.54) is 89.8 Å². The Hall–Kier alpha value is -16.7. The van der Waals surface area contributed by atoms with Crippen LogP contribution in [0.1, 0.15) is 10.4 Å². The minimum absolute atomic E-state index is 0.0949. The molecule has 23 rings (SSSR count). The molecule has 0 saturated heterocycles. The van der Waals surface area contributed by atoms with Crippen LogP contribution in [-0.2, 0) is 4.57 Å². The molecule has 23 aromatic rings. The molecule has 21 heteroatoms. The van der Waals surface area contributed by atoms with Gasteiger partial charge in [0, 0.05) is 107 Å². The molecule has 5 heterocycles. The van der Waals surface area contributed by atoms with Gasteiger partial charge in [0.05, 0.1) is 48.9 Å². The van der Waals surface area contributed by atoms with Gasteiger partial charge in [0.1, 0.15) is 14.6 Å². The number of rotatable bonds is 13. The molecule has 137 heavy (non-hydrogen) atoms. The van der Waals surface area contributed by atoms with Crippen LogP contribution < -0.4 is 32.6 Å². The monoisotopic (exact) mass is 1930 g/mol. The number of nitrogens with one attached hydrogen (secondary N) is 1. The summed E-state index contributed by atoms with van der Waals surface area (Å²) in [6.07, 6.45) is 5.25. The number of nitrogen functional groups attached to an aromatic ring is 1. The number of aromatic nitrogens is 5. The lowest BCUT2D eigenvalue weighted by Crippen LogP contribution is -2.31. The summed E-state index contributed by atoms with van der Waals surface area (Å²) < 4.78 is 16.2. The quantitative estimate of drug-likeness (QED) is 0.0159. The van der Waals surface area contributed by atoms with Crippen molar-refractivity contribution in [3.8, 4) is 55.9 Å². The van der Waals surface area contributed by atoms with Gasteiger partial charge in [0.2, 0.25) is 0 Å². The lowest BCUT2D eigenvalue weighted by molar-refractivity contribution is -0.384. The standard InChI is InChI=1S/C34H23N2OP.C22H15BrN2O.C22H13BrN2.C16H11NO2.C16H13N.C6H6BNO4/c37-38(26-12-3-1-4-13-26,27-14-5-2-6-15-27)32-22-20-25(23-35-32)34-30-21-19-24-11-7-8-16-28(24)33(30)29-17-9-10-18-31(29)36-34;23-21-13-12-16(14-24-21)22(26)25-20-11-4-3-9-19(20)18-10-5-7-15-6-1-2-8-17(15)18;23-20-12-10-15(13-24-20)22-18-11-9-14-5-1-2-6-16(14)21(18)17-7-3-4-8-19(17)25-22;18-17(19)16-11-4-3-9-15(16)14-10-5-7-12-6-1-2-8-13(12)14;17-16-11-4-3-9-15(16)14-10-5-7-12-6-1-2-8-13(12)14;9-7(10)5-3-1-2-4-6(5)8(11)12/h1-23H;1-14H,(H,25,26);1-13H;1-11H;1-11H,17H2;1-4,9-10H. The highest BCUT2D eigenvalue weighted by atomic mass is 79.9. The Morgan fingerprint density at radius 3 is 1.15 bits per heavy atom. The molecule has 5 aromatic heterocycles. The van der Waals surface area contributed by atoms with Gasteiger partial charge in [0.25, 0.3) is 17.3 Å². The third-order valence-electron chi connectivity index (χ3n) is 23.6. The molecule has 660 valence electrons. The van der Waals surface area contributed by atoms with Crippen LogP contribution in [0.3, 0.4) is 0 Å². The van der Waals surface area contributed by atoms with Crippen LogP contribution in [-0.4, -0.2) is 57.8 Å². The number of halogens is 2. The highest BCUT2D eigenvalue weighted by molar-refractivity contribution is 9.10. The lowest BCUT2D eigenvalue weighted by Gasteiger charge is -2.19. The zero-order valence-corrected chi connectivity index (χ0v) is 77.3. The van der Waals surface area contributed by atoms with Crippen molar-refractivity contribution in [2.45, 2.75) is 0 Å². The Labute approximate surface area is 805 Å². The maximum absolute atomic E-state index is 14.7. The first-order chi connectivity index (χ1) is 67.0. The predicted octanol–water partition coefficient (Wildman–Crippen LogP) is 27.3. The van der Waals surface area contributed by atoms with Crippen molar-refractivity contribution in [3.05, 3.63) is 496 Å². The molecule has 17 nitrogen and oxygen atoms in total. The zero-order chi connectivity index (χ0) is 94.3. The van der Waals surface area contributed by atoms with Gasteiger partial charge in [-0.3, -0.25) is 30.0 Å². The Morgan fingerprint density at radius 1 is 0.328 bits per heavy atom. The Morgan fingerprint density at radius 2 is 0.693 bits per heavy atom. The van der Waals surface area contributed by atoms with Crippen molar-refractivity contribution in [2.75, 3.05) is 11.1 Å². The Kier molecular flexibility index (Phi) is 27.6. The maximum atomic E-state index is 14.7. The zero-order valence-electron chi connectivity index (χ0n) is 73.2. The van der Waals surface area contributed by atoms with Gasteiger partial charge >= 0.3 is 7.12 Å². The first-order valence-corrected chi connectivity index (χ1v) is 47.2. The van der Waals surface area contributed by atoms with Crippen LogP contribution >= 0.6 is 39.0 Å². The summed E-state index contributed by atoms with van der Waals surface area (Å²) in [6, 6.07) is 144. The van der Waals surface area contributed by atoms with E-state index in [-0.39, 0.29) is 27.7 Å². The van der Waals surface area contributed by atoms with Crippen LogP contribution in [0, 0.1) is 20.2 Å². The lowest BCUT2D eigenvalue weighted by atomic mass is 9.79. The van der Waals surface area contributed by atoms with E-state index in [4.69, 9.17) is 30.7 Å². The maximum Gasteiger partial charge on any atom is 0.495 e. The number of hydrogen-bond donors (Lipinski definition) is 4. The number of nitrogens with zero attached hydrogens (tertiary/aromatic N) is 7. The van der Waals surface area contributed by atoms with E-state index in [2.05, 4.69) is 235 Å². The Balaban J connectivity index is 0.000000113. The number of pyridine rings is 5. The van der Waals surface area contributed by atoms with Crippen molar-refractivity contribution in [2.24, 2.45) is 0 Å². The first kappa shape index (κ1) is 90.8. The number of nitro groups is 2. The summed E-state index contributed by atoms with van der Waals surface area (Å²) >= 11 is 6.69. The van der Waals surface area contributed by atoms with E-state index < -0.39 is 19.2 Å².